The molecule has 0 aliphatic carbocycles. The van der Waals surface area contributed by atoms with Gasteiger partial charge in [-0.05, 0) is 50.2 Å². The van der Waals surface area contributed by atoms with Gasteiger partial charge in [0, 0.05) is 32.8 Å². The van der Waals surface area contributed by atoms with Crippen molar-refractivity contribution in [3.8, 4) is 5.75 Å². The van der Waals surface area contributed by atoms with E-state index in [0.29, 0.717) is 25.6 Å². The van der Waals surface area contributed by atoms with E-state index >= 15 is 0 Å². The lowest BCUT2D eigenvalue weighted by Gasteiger charge is -2.33. The zero-order chi connectivity index (χ0) is 22.5. The second-order valence-electron chi connectivity index (χ2n) is 7.14. The molecule has 0 unspecified atom stereocenters. The third-order valence-corrected chi connectivity index (χ3v) is 8.84. The van der Waals surface area contributed by atoms with Crippen LogP contribution in [0.15, 0.2) is 58.3 Å². The van der Waals surface area contributed by atoms with Crippen molar-refractivity contribution in [2.45, 2.75) is 23.6 Å². The monoisotopic (exact) mass is 468 g/mol. The van der Waals surface area contributed by atoms with Crippen LogP contribution in [-0.4, -0.2) is 71.4 Å². The summed E-state index contributed by atoms with van der Waals surface area (Å²) >= 11 is 0. The van der Waals surface area contributed by atoms with Gasteiger partial charge in [-0.2, -0.15) is 8.61 Å². The minimum atomic E-state index is -3.72. The van der Waals surface area contributed by atoms with Crippen molar-refractivity contribution in [2.24, 2.45) is 0 Å². The number of benzene rings is 2. The van der Waals surface area contributed by atoms with E-state index < -0.39 is 20.0 Å². The molecule has 1 saturated heterocycles. The summed E-state index contributed by atoms with van der Waals surface area (Å²) in [5.41, 5.74) is 0.973. The Morgan fingerprint density at radius 2 is 1.19 bits per heavy atom. The summed E-state index contributed by atoms with van der Waals surface area (Å²) in [6.45, 7) is 5.66. The van der Waals surface area contributed by atoms with Gasteiger partial charge >= 0.3 is 0 Å². The Morgan fingerprint density at radius 1 is 0.742 bits per heavy atom. The lowest BCUT2D eigenvalue weighted by Crippen LogP contribution is -2.50. The third-order valence-electron chi connectivity index (χ3n) is 5.02. The van der Waals surface area contributed by atoms with Crippen LogP contribution in [0.1, 0.15) is 12.5 Å². The third kappa shape index (κ3) is 5.64. The highest BCUT2D eigenvalue weighted by molar-refractivity contribution is 7.89. The number of ether oxygens (including phenoxy) is 2. The molecule has 3 rings (SSSR count). The van der Waals surface area contributed by atoms with Gasteiger partial charge in [0.2, 0.25) is 20.0 Å². The summed E-state index contributed by atoms with van der Waals surface area (Å²) in [7, 11) is -7.36. The normalized spacial score (nSPS) is 16.3. The van der Waals surface area contributed by atoms with Crippen molar-refractivity contribution in [2.75, 3.05) is 46.0 Å². The lowest BCUT2D eigenvalue weighted by atomic mass is 10.2. The number of aryl methyl sites for hydroxylation is 1. The molecule has 2 aromatic carbocycles. The molecule has 170 valence electrons. The predicted octanol–water partition coefficient (Wildman–Crippen LogP) is 2.11. The van der Waals surface area contributed by atoms with E-state index in [9.17, 15) is 16.8 Å². The summed E-state index contributed by atoms with van der Waals surface area (Å²) in [6.07, 6.45) is 0. The average molecular weight is 469 g/mol. The van der Waals surface area contributed by atoms with Crippen molar-refractivity contribution in [3.63, 3.8) is 0 Å². The molecule has 8 nitrogen and oxygen atoms in total. The van der Waals surface area contributed by atoms with Gasteiger partial charge in [0.1, 0.15) is 12.4 Å². The molecule has 31 heavy (non-hydrogen) atoms. The molecule has 1 aliphatic heterocycles. The summed E-state index contributed by atoms with van der Waals surface area (Å²) < 4.78 is 64.9. The molecule has 0 atom stereocenters. The van der Waals surface area contributed by atoms with Gasteiger partial charge in [-0.1, -0.05) is 17.7 Å². The molecule has 10 heteroatoms. The zero-order valence-electron chi connectivity index (χ0n) is 17.7. The number of nitrogens with zero attached hydrogens (tertiary/aromatic N) is 2. The molecular formula is C21H28N2O6S2. The fraction of sp³-hybridized carbons (Fsp3) is 0.429. The van der Waals surface area contributed by atoms with Crippen LogP contribution in [-0.2, 0) is 24.8 Å². The molecule has 0 amide bonds. The van der Waals surface area contributed by atoms with Gasteiger partial charge in [0.15, 0.2) is 0 Å². The minimum absolute atomic E-state index is 0.0973. The molecule has 1 heterocycles. The first-order chi connectivity index (χ1) is 14.7. The maximum Gasteiger partial charge on any atom is 0.243 e. The molecular weight excluding hydrogens is 440 g/mol. The van der Waals surface area contributed by atoms with Crippen LogP contribution in [0.3, 0.4) is 0 Å². The Hall–Kier alpha value is -1.98. The van der Waals surface area contributed by atoms with E-state index in [2.05, 4.69) is 0 Å². The molecule has 1 fully saturated rings. The van der Waals surface area contributed by atoms with Crippen molar-refractivity contribution in [1.29, 1.82) is 0 Å². The standard InChI is InChI=1S/C21H28N2O6S2/c1-3-28-16-17-29-19-6-10-21(11-7-19)31(26,27)23-14-12-22(13-15-23)30(24,25)20-8-4-18(2)5-9-20/h4-11H,3,12-17H2,1-2H3. The number of hydrogen-bond acceptors (Lipinski definition) is 6. The van der Waals surface area contributed by atoms with Gasteiger partial charge in [-0.15, -0.1) is 0 Å². The molecule has 1 aliphatic rings. The van der Waals surface area contributed by atoms with E-state index in [0.717, 1.165) is 5.56 Å². The highest BCUT2D eigenvalue weighted by Crippen LogP contribution is 2.23. The lowest BCUT2D eigenvalue weighted by molar-refractivity contribution is 0.110. The Labute approximate surface area is 184 Å². The largest absolute Gasteiger partial charge is 0.491 e. The quantitative estimate of drug-likeness (QED) is 0.524. The summed E-state index contributed by atoms with van der Waals surface area (Å²) in [6, 6.07) is 12.9. The van der Waals surface area contributed by atoms with Gasteiger partial charge in [-0.25, -0.2) is 16.8 Å². The summed E-state index contributed by atoms with van der Waals surface area (Å²) in [5.74, 6) is 0.563. The maximum atomic E-state index is 13.0. The Balaban J connectivity index is 1.62. The van der Waals surface area contributed by atoms with Gasteiger partial charge in [0.25, 0.3) is 0 Å². The second kappa shape index (κ2) is 10.1. The summed E-state index contributed by atoms with van der Waals surface area (Å²) in [5, 5.41) is 0. The average Bonchev–Trinajstić information content (AvgIpc) is 2.77. The highest BCUT2D eigenvalue weighted by atomic mass is 32.2. The first kappa shape index (κ1) is 23.7. The fourth-order valence-corrected chi connectivity index (χ4v) is 6.07. The molecule has 0 saturated carbocycles. The van der Waals surface area contributed by atoms with Gasteiger partial charge in [0.05, 0.1) is 16.4 Å². The number of rotatable bonds is 9. The molecule has 0 radical (unpaired) electrons. The second-order valence-corrected chi connectivity index (χ2v) is 11.0. The first-order valence-electron chi connectivity index (χ1n) is 10.1. The predicted molar refractivity (Wildman–Crippen MR) is 117 cm³/mol. The zero-order valence-corrected chi connectivity index (χ0v) is 19.4. The molecule has 0 spiro atoms. The Kier molecular flexibility index (Phi) is 7.71. The van der Waals surface area contributed by atoms with E-state index in [1.54, 1.807) is 36.4 Å². The van der Waals surface area contributed by atoms with Crippen LogP contribution in [0.25, 0.3) is 0 Å². The first-order valence-corrected chi connectivity index (χ1v) is 13.0. The van der Waals surface area contributed by atoms with Crippen LogP contribution in [0.2, 0.25) is 0 Å². The Morgan fingerprint density at radius 3 is 1.65 bits per heavy atom. The van der Waals surface area contributed by atoms with Crippen LogP contribution < -0.4 is 4.74 Å². The number of sulfonamides is 2. The van der Waals surface area contributed by atoms with Crippen LogP contribution in [0.5, 0.6) is 5.75 Å². The SMILES string of the molecule is CCOCCOc1ccc(S(=O)(=O)N2CCN(S(=O)(=O)c3ccc(C)cc3)CC2)cc1. The van der Waals surface area contributed by atoms with Gasteiger partial charge in [-0.3, -0.25) is 0 Å². The van der Waals surface area contributed by atoms with Crippen LogP contribution in [0, 0.1) is 6.92 Å². The molecule has 2 aromatic rings. The summed E-state index contributed by atoms with van der Waals surface area (Å²) in [4.78, 5) is 0.369. The van der Waals surface area contributed by atoms with E-state index in [4.69, 9.17) is 9.47 Å². The minimum Gasteiger partial charge on any atom is -0.491 e. The number of hydrogen-bond donors (Lipinski definition) is 0. The van der Waals surface area contributed by atoms with Crippen LogP contribution in [0.4, 0.5) is 0 Å². The topological polar surface area (TPSA) is 93.2 Å². The smallest absolute Gasteiger partial charge is 0.243 e. The van der Waals surface area contributed by atoms with Crippen molar-refractivity contribution in [1.82, 2.24) is 8.61 Å². The Bertz CT molecular complexity index is 1060. The van der Waals surface area contributed by atoms with Crippen LogP contribution >= 0.6 is 0 Å². The van der Waals surface area contributed by atoms with Crippen molar-refractivity contribution in [3.05, 3.63) is 54.1 Å². The molecule has 0 bridgehead atoms. The van der Waals surface area contributed by atoms with E-state index in [-0.39, 0.29) is 36.0 Å². The van der Waals surface area contributed by atoms with E-state index in [1.807, 2.05) is 13.8 Å². The molecule has 0 N–H and O–H groups in total. The van der Waals surface area contributed by atoms with E-state index in [1.165, 1.54) is 20.7 Å². The fourth-order valence-electron chi connectivity index (χ4n) is 3.23. The maximum absolute atomic E-state index is 13.0. The highest BCUT2D eigenvalue weighted by Gasteiger charge is 2.33. The van der Waals surface area contributed by atoms with Crippen molar-refractivity contribution < 1.29 is 26.3 Å². The number of piperazine rings is 1. The molecule has 0 aromatic heterocycles. The van der Waals surface area contributed by atoms with Gasteiger partial charge < -0.3 is 9.47 Å². The van der Waals surface area contributed by atoms with Crippen molar-refractivity contribution >= 4 is 20.0 Å².